The van der Waals surface area contributed by atoms with E-state index >= 15 is 0 Å². The summed E-state index contributed by atoms with van der Waals surface area (Å²) < 4.78 is 2.21. The van der Waals surface area contributed by atoms with E-state index in [4.69, 9.17) is 4.98 Å². The van der Waals surface area contributed by atoms with Crippen LogP contribution in [0.2, 0.25) is 0 Å². The molecule has 152 valence electrons. The first kappa shape index (κ1) is 19.7. The monoisotopic (exact) mass is 398 g/mol. The van der Waals surface area contributed by atoms with Gasteiger partial charge in [-0.2, -0.15) is 0 Å². The normalized spacial score (nSPS) is 10.8. The number of aromatic nitrogens is 2. The maximum atomic E-state index is 12.3. The van der Waals surface area contributed by atoms with E-state index in [2.05, 4.69) is 45.5 Å². The van der Waals surface area contributed by atoms with Gasteiger partial charge in [0.05, 0.1) is 11.0 Å². The van der Waals surface area contributed by atoms with Gasteiger partial charge in [0.2, 0.25) is 0 Å². The molecule has 0 radical (unpaired) electrons. The molecule has 0 aliphatic carbocycles. The lowest BCUT2D eigenvalue weighted by Crippen LogP contribution is -2.31. The van der Waals surface area contributed by atoms with Gasteiger partial charge in [0.25, 0.3) is 0 Å². The molecule has 1 aromatic heterocycles. The number of anilines is 1. The van der Waals surface area contributed by atoms with Crippen molar-refractivity contribution in [1.82, 2.24) is 14.9 Å². The van der Waals surface area contributed by atoms with E-state index in [9.17, 15) is 4.79 Å². The Labute approximate surface area is 176 Å². The van der Waals surface area contributed by atoms with E-state index in [1.165, 1.54) is 5.56 Å². The van der Waals surface area contributed by atoms with Crippen molar-refractivity contribution in [2.45, 2.75) is 26.3 Å². The Bertz CT molecular complexity index is 1130. The lowest BCUT2D eigenvalue weighted by Gasteiger charge is -2.12. The fourth-order valence-corrected chi connectivity index (χ4v) is 3.65. The Morgan fingerprint density at radius 3 is 2.57 bits per heavy atom. The molecule has 30 heavy (non-hydrogen) atoms. The van der Waals surface area contributed by atoms with Crippen molar-refractivity contribution in [1.29, 1.82) is 0 Å². The highest BCUT2D eigenvalue weighted by Crippen LogP contribution is 2.17. The zero-order valence-corrected chi connectivity index (χ0v) is 17.1. The van der Waals surface area contributed by atoms with Crippen LogP contribution in [-0.2, 0) is 19.4 Å². The number of nitrogens with zero attached hydrogens (tertiary/aromatic N) is 2. The molecular weight excluding hydrogens is 372 g/mol. The number of fused-ring (bicyclic) bond motifs is 1. The second-order valence-corrected chi connectivity index (χ2v) is 7.40. The SMILES string of the molecule is Cc1cccc(NC(=O)NCCn2c(CCc3ccccc3)nc3ccccc32)c1. The van der Waals surface area contributed by atoms with Gasteiger partial charge in [0.1, 0.15) is 5.82 Å². The number of para-hydroxylation sites is 2. The number of rotatable bonds is 7. The summed E-state index contributed by atoms with van der Waals surface area (Å²) in [6.45, 7) is 3.20. The van der Waals surface area contributed by atoms with Crippen LogP contribution in [0.5, 0.6) is 0 Å². The minimum atomic E-state index is -0.198. The molecule has 0 atom stereocenters. The summed E-state index contributed by atoms with van der Waals surface area (Å²) in [6.07, 6.45) is 1.79. The average Bonchev–Trinajstić information content (AvgIpc) is 3.11. The van der Waals surface area contributed by atoms with Crippen molar-refractivity contribution in [3.8, 4) is 0 Å². The molecular formula is C25H26N4O. The first-order valence-electron chi connectivity index (χ1n) is 10.3. The van der Waals surface area contributed by atoms with Crippen LogP contribution in [0.25, 0.3) is 11.0 Å². The van der Waals surface area contributed by atoms with Crippen LogP contribution in [0.1, 0.15) is 17.0 Å². The van der Waals surface area contributed by atoms with Crippen molar-refractivity contribution in [3.05, 3.63) is 95.8 Å². The third kappa shape index (κ3) is 4.87. The van der Waals surface area contributed by atoms with Crippen molar-refractivity contribution < 1.29 is 4.79 Å². The van der Waals surface area contributed by atoms with Crippen molar-refractivity contribution >= 4 is 22.8 Å². The predicted octanol–water partition coefficient (Wildman–Crippen LogP) is 4.95. The molecule has 4 aromatic rings. The van der Waals surface area contributed by atoms with Crippen LogP contribution >= 0.6 is 0 Å². The van der Waals surface area contributed by atoms with Gasteiger partial charge in [-0.25, -0.2) is 9.78 Å². The molecule has 0 unspecified atom stereocenters. The third-order valence-electron chi connectivity index (χ3n) is 5.11. The quantitative estimate of drug-likeness (QED) is 0.463. The van der Waals surface area contributed by atoms with Crippen LogP contribution < -0.4 is 10.6 Å². The summed E-state index contributed by atoms with van der Waals surface area (Å²) in [5.41, 5.74) is 5.29. The summed E-state index contributed by atoms with van der Waals surface area (Å²) in [6, 6.07) is 26.2. The molecule has 3 aromatic carbocycles. The molecule has 4 rings (SSSR count). The van der Waals surface area contributed by atoms with Crippen LogP contribution in [0, 0.1) is 6.92 Å². The number of benzene rings is 3. The molecule has 5 nitrogen and oxygen atoms in total. The molecule has 0 spiro atoms. The van der Waals surface area contributed by atoms with Crippen molar-refractivity contribution in [3.63, 3.8) is 0 Å². The molecule has 0 aliphatic rings. The van der Waals surface area contributed by atoms with Crippen molar-refractivity contribution in [2.24, 2.45) is 0 Å². The van der Waals surface area contributed by atoms with Crippen LogP contribution in [0.15, 0.2) is 78.9 Å². The lowest BCUT2D eigenvalue weighted by molar-refractivity contribution is 0.251. The Balaban J connectivity index is 1.41. The number of hydrogen-bond acceptors (Lipinski definition) is 2. The molecule has 2 amide bonds. The zero-order chi connectivity index (χ0) is 20.8. The molecule has 0 bridgehead atoms. The zero-order valence-electron chi connectivity index (χ0n) is 17.1. The standard InChI is InChI=1S/C25H26N4O/c1-19-8-7-11-21(18-19)27-25(30)26-16-17-29-23-13-6-5-12-22(23)28-24(29)15-14-20-9-3-2-4-10-20/h2-13,18H,14-17H2,1H3,(H2,26,27,30). The first-order valence-corrected chi connectivity index (χ1v) is 10.3. The Morgan fingerprint density at radius 2 is 1.73 bits per heavy atom. The van der Waals surface area contributed by atoms with E-state index in [0.29, 0.717) is 13.1 Å². The number of amides is 2. The van der Waals surface area contributed by atoms with Gasteiger partial charge in [-0.3, -0.25) is 0 Å². The highest BCUT2D eigenvalue weighted by molar-refractivity contribution is 5.89. The van der Waals surface area contributed by atoms with Gasteiger partial charge in [0, 0.05) is 25.2 Å². The summed E-state index contributed by atoms with van der Waals surface area (Å²) >= 11 is 0. The van der Waals surface area contributed by atoms with Gasteiger partial charge < -0.3 is 15.2 Å². The number of aryl methyl sites for hydroxylation is 3. The van der Waals surface area contributed by atoms with Crippen molar-refractivity contribution in [2.75, 3.05) is 11.9 Å². The van der Waals surface area contributed by atoms with Crippen LogP contribution in [0.4, 0.5) is 10.5 Å². The maximum absolute atomic E-state index is 12.3. The number of imidazole rings is 1. The third-order valence-corrected chi connectivity index (χ3v) is 5.11. The molecule has 0 saturated heterocycles. The lowest BCUT2D eigenvalue weighted by atomic mass is 10.1. The molecule has 2 N–H and O–H groups in total. The average molecular weight is 399 g/mol. The van der Waals surface area contributed by atoms with Gasteiger partial charge in [-0.15, -0.1) is 0 Å². The Kier molecular flexibility index (Phi) is 6.09. The summed E-state index contributed by atoms with van der Waals surface area (Å²) in [4.78, 5) is 17.1. The molecule has 0 fully saturated rings. The highest BCUT2D eigenvalue weighted by atomic mass is 16.2. The fourth-order valence-electron chi connectivity index (χ4n) is 3.65. The topological polar surface area (TPSA) is 59.0 Å². The Hall–Kier alpha value is -3.60. The number of urea groups is 1. The number of nitrogens with one attached hydrogen (secondary N) is 2. The minimum Gasteiger partial charge on any atom is -0.336 e. The Morgan fingerprint density at radius 1 is 0.933 bits per heavy atom. The summed E-state index contributed by atoms with van der Waals surface area (Å²) in [7, 11) is 0. The number of hydrogen-bond donors (Lipinski definition) is 2. The predicted molar refractivity (Wildman–Crippen MR) is 122 cm³/mol. The highest BCUT2D eigenvalue weighted by Gasteiger charge is 2.11. The van der Waals surface area contributed by atoms with E-state index in [0.717, 1.165) is 41.0 Å². The largest absolute Gasteiger partial charge is 0.336 e. The van der Waals surface area contributed by atoms with Gasteiger partial charge in [-0.1, -0.05) is 54.6 Å². The number of carbonyl (C=O) groups is 1. The smallest absolute Gasteiger partial charge is 0.319 e. The fraction of sp³-hybridized carbons (Fsp3) is 0.200. The van der Waals surface area contributed by atoms with Gasteiger partial charge in [0.15, 0.2) is 0 Å². The van der Waals surface area contributed by atoms with E-state index in [1.54, 1.807) is 0 Å². The maximum Gasteiger partial charge on any atom is 0.319 e. The first-order chi connectivity index (χ1) is 14.7. The van der Waals surface area contributed by atoms with Gasteiger partial charge >= 0.3 is 6.03 Å². The molecule has 5 heteroatoms. The van der Waals surface area contributed by atoms with E-state index < -0.39 is 0 Å². The molecule has 0 saturated carbocycles. The number of carbonyl (C=O) groups excluding carboxylic acids is 1. The van der Waals surface area contributed by atoms with E-state index in [-0.39, 0.29) is 6.03 Å². The molecule has 1 heterocycles. The summed E-state index contributed by atoms with van der Waals surface area (Å²) in [5.74, 6) is 1.04. The van der Waals surface area contributed by atoms with E-state index in [1.807, 2.05) is 55.5 Å². The molecule has 0 aliphatic heterocycles. The van der Waals surface area contributed by atoms with Crippen LogP contribution in [-0.4, -0.2) is 22.1 Å². The minimum absolute atomic E-state index is 0.198. The summed E-state index contributed by atoms with van der Waals surface area (Å²) in [5, 5.41) is 5.84. The van der Waals surface area contributed by atoms with Gasteiger partial charge in [-0.05, 0) is 48.7 Å². The van der Waals surface area contributed by atoms with Crippen LogP contribution in [0.3, 0.4) is 0 Å². The second kappa shape index (κ2) is 9.27. The second-order valence-electron chi connectivity index (χ2n) is 7.40.